The summed E-state index contributed by atoms with van der Waals surface area (Å²) in [4.78, 5) is 28.1. The highest BCUT2D eigenvalue weighted by atomic mass is 16.2. The van der Waals surface area contributed by atoms with Gasteiger partial charge in [0.1, 0.15) is 5.70 Å². The highest BCUT2D eigenvalue weighted by Crippen LogP contribution is 2.34. The Morgan fingerprint density at radius 1 is 0.724 bits per heavy atom. The SMILES string of the molecule is Cc1cc(C)cc(N2C(=O)C(Nc3ccccc3C)=C(c3ccccc3)C2=O)c1. The van der Waals surface area contributed by atoms with Crippen molar-refractivity contribution in [3.05, 3.63) is 101 Å². The molecule has 0 aliphatic carbocycles. The Morgan fingerprint density at radius 3 is 2.00 bits per heavy atom. The fourth-order valence-corrected chi connectivity index (χ4v) is 3.68. The molecule has 144 valence electrons. The Morgan fingerprint density at radius 2 is 1.34 bits per heavy atom. The molecule has 0 bridgehead atoms. The van der Waals surface area contributed by atoms with Crippen molar-refractivity contribution in [1.82, 2.24) is 0 Å². The van der Waals surface area contributed by atoms with Gasteiger partial charge in [0.25, 0.3) is 11.8 Å². The fourth-order valence-electron chi connectivity index (χ4n) is 3.68. The molecule has 4 rings (SSSR count). The lowest BCUT2D eigenvalue weighted by Crippen LogP contribution is -2.32. The summed E-state index contributed by atoms with van der Waals surface area (Å²) in [7, 11) is 0. The Hall–Kier alpha value is -3.66. The summed E-state index contributed by atoms with van der Waals surface area (Å²) in [6, 6.07) is 22.8. The van der Waals surface area contributed by atoms with E-state index in [1.54, 1.807) is 0 Å². The maximum atomic E-state index is 13.4. The molecular formula is C25H22N2O2. The molecule has 1 N–H and O–H groups in total. The number of nitrogens with zero attached hydrogens (tertiary/aromatic N) is 1. The number of nitrogens with one attached hydrogen (secondary N) is 1. The number of carbonyl (C=O) groups is 2. The predicted octanol–water partition coefficient (Wildman–Crippen LogP) is 5.01. The standard InChI is InChI=1S/C25H22N2O2/c1-16-13-17(2)15-20(14-16)27-24(28)22(19-10-5-4-6-11-19)23(25(27)29)26-21-12-8-7-9-18(21)3/h4-15,26H,1-3H3. The number of anilines is 2. The molecule has 3 aromatic rings. The fraction of sp³-hybridized carbons (Fsp3) is 0.120. The van der Waals surface area contributed by atoms with E-state index < -0.39 is 0 Å². The van der Waals surface area contributed by atoms with Crippen LogP contribution in [0.4, 0.5) is 11.4 Å². The van der Waals surface area contributed by atoms with Crippen LogP contribution in [0.2, 0.25) is 0 Å². The molecule has 0 spiro atoms. The number of aryl methyl sites for hydroxylation is 3. The largest absolute Gasteiger partial charge is 0.350 e. The monoisotopic (exact) mass is 382 g/mol. The van der Waals surface area contributed by atoms with Gasteiger partial charge in [0.05, 0.1) is 11.3 Å². The number of benzene rings is 3. The number of hydrogen-bond donors (Lipinski definition) is 1. The van der Waals surface area contributed by atoms with Crippen molar-refractivity contribution in [2.24, 2.45) is 0 Å². The van der Waals surface area contributed by atoms with Gasteiger partial charge in [0.2, 0.25) is 0 Å². The van der Waals surface area contributed by atoms with Crippen LogP contribution in [0.1, 0.15) is 22.3 Å². The van der Waals surface area contributed by atoms with Crippen molar-refractivity contribution in [2.75, 3.05) is 10.2 Å². The van der Waals surface area contributed by atoms with Gasteiger partial charge >= 0.3 is 0 Å². The molecule has 0 aromatic heterocycles. The first-order chi connectivity index (χ1) is 14.0. The summed E-state index contributed by atoms with van der Waals surface area (Å²) >= 11 is 0. The quantitative estimate of drug-likeness (QED) is 0.646. The summed E-state index contributed by atoms with van der Waals surface area (Å²) < 4.78 is 0. The van der Waals surface area contributed by atoms with Gasteiger partial charge in [-0.25, -0.2) is 4.90 Å². The lowest BCUT2D eigenvalue weighted by Gasteiger charge is -2.17. The number of amides is 2. The average Bonchev–Trinajstić information content (AvgIpc) is 2.93. The first-order valence-corrected chi connectivity index (χ1v) is 9.55. The van der Waals surface area contributed by atoms with Crippen molar-refractivity contribution in [3.63, 3.8) is 0 Å². The molecule has 3 aromatic carbocycles. The zero-order valence-electron chi connectivity index (χ0n) is 16.7. The maximum Gasteiger partial charge on any atom is 0.282 e. The Labute approximate surface area is 170 Å². The molecule has 1 heterocycles. The number of carbonyl (C=O) groups excluding carboxylic acids is 2. The molecule has 1 aliphatic heterocycles. The molecule has 29 heavy (non-hydrogen) atoms. The number of imide groups is 1. The smallest absolute Gasteiger partial charge is 0.282 e. The zero-order chi connectivity index (χ0) is 20.5. The van der Waals surface area contributed by atoms with E-state index in [0.717, 1.165) is 22.4 Å². The van der Waals surface area contributed by atoms with Crippen LogP contribution >= 0.6 is 0 Å². The first-order valence-electron chi connectivity index (χ1n) is 9.55. The van der Waals surface area contributed by atoms with E-state index in [2.05, 4.69) is 5.32 Å². The van der Waals surface area contributed by atoms with Crippen molar-refractivity contribution in [1.29, 1.82) is 0 Å². The highest BCUT2D eigenvalue weighted by Gasteiger charge is 2.40. The van der Waals surface area contributed by atoms with Crippen LogP contribution in [0.5, 0.6) is 0 Å². The molecule has 0 radical (unpaired) electrons. The third-order valence-corrected chi connectivity index (χ3v) is 5.02. The number of para-hydroxylation sites is 1. The van der Waals surface area contributed by atoms with Crippen LogP contribution < -0.4 is 10.2 Å². The second-order valence-corrected chi connectivity index (χ2v) is 7.35. The molecule has 0 saturated carbocycles. The molecule has 0 saturated heterocycles. The summed E-state index contributed by atoms with van der Waals surface area (Å²) in [5.41, 5.74) is 5.80. The zero-order valence-corrected chi connectivity index (χ0v) is 16.7. The van der Waals surface area contributed by atoms with Crippen LogP contribution in [-0.4, -0.2) is 11.8 Å². The average molecular weight is 382 g/mol. The van der Waals surface area contributed by atoms with Gasteiger partial charge < -0.3 is 5.32 Å². The van der Waals surface area contributed by atoms with Crippen LogP contribution in [0.25, 0.3) is 5.57 Å². The van der Waals surface area contributed by atoms with E-state index >= 15 is 0 Å². The van der Waals surface area contributed by atoms with E-state index in [1.807, 2.05) is 93.6 Å². The maximum absolute atomic E-state index is 13.4. The molecule has 0 fully saturated rings. The van der Waals surface area contributed by atoms with Crippen LogP contribution in [0.3, 0.4) is 0 Å². The van der Waals surface area contributed by atoms with Crippen molar-refractivity contribution in [2.45, 2.75) is 20.8 Å². The van der Waals surface area contributed by atoms with Crippen molar-refractivity contribution >= 4 is 28.8 Å². The molecule has 2 amide bonds. The van der Waals surface area contributed by atoms with Gasteiger partial charge in [-0.1, -0.05) is 54.6 Å². The van der Waals surface area contributed by atoms with E-state index in [1.165, 1.54) is 4.90 Å². The molecule has 1 aliphatic rings. The van der Waals surface area contributed by atoms with E-state index in [0.29, 0.717) is 22.5 Å². The van der Waals surface area contributed by atoms with E-state index in [-0.39, 0.29) is 11.8 Å². The molecule has 0 atom stereocenters. The second kappa shape index (κ2) is 7.40. The minimum absolute atomic E-state index is 0.301. The Bertz CT molecular complexity index is 1130. The minimum Gasteiger partial charge on any atom is -0.350 e. The van der Waals surface area contributed by atoms with Gasteiger partial charge in [-0.3, -0.25) is 9.59 Å². The van der Waals surface area contributed by atoms with Crippen LogP contribution in [-0.2, 0) is 9.59 Å². The summed E-state index contributed by atoms with van der Waals surface area (Å²) in [5.74, 6) is -0.663. The normalized spacial score (nSPS) is 14.0. The molecular weight excluding hydrogens is 360 g/mol. The Balaban J connectivity index is 1.85. The number of rotatable bonds is 4. The molecule has 4 heteroatoms. The minimum atomic E-state index is -0.345. The first kappa shape index (κ1) is 18.7. The second-order valence-electron chi connectivity index (χ2n) is 7.35. The summed E-state index contributed by atoms with van der Waals surface area (Å²) in [5, 5.41) is 3.23. The van der Waals surface area contributed by atoms with Crippen LogP contribution in [0, 0.1) is 20.8 Å². The predicted molar refractivity (Wildman–Crippen MR) is 117 cm³/mol. The van der Waals surface area contributed by atoms with Crippen LogP contribution in [0.15, 0.2) is 78.5 Å². The third-order valence-electron chi connectivity index (χ3n) is 5.02. The Kier molecular flexibility index (Phi) is 4.77. The lowest BCUT2D eigenvalue weighted by atomic mass is 10.0. The van der Waals surface area contributed by atoms with Crippen molar-refractivity contribution < 1.29 is 9.59 Å². The van der Waals surface area contributed by atoms with Crippen molar-refractivity contribution in [3.8, 4) is 0 Å². The van der Waals surface area contributed by atoms with E-state index in [4.69, 9.17) is 0 Å². The van der Waals surface area contributed by atoms with Gasteiger partial charge in [0, 0.05) is 5.69 Å². The van der Waals surface area contributed by atoms with Gasteiger partial charge in [0.15, 0.2) is 0 Å². The summed E-state index contributed by atoms with van der Waals surface area (Å²) in [6.07, 6.45) is 0. The summed E-state index contributed by atoms with van der Waals surface area (Å²) in [6.45, 7) is 5.88. The lowest BCUT2D eigenvalue weighted by molar-refractivity contribution is -0.120. The van der Waals surface area contributed by atoms with Gasteiger partial charge in [-0.05, 0) is 61.2 Å². The molecule has 0 unspecified atom stereocenters. The van der Waals surface area contributed by atoms with E-state index in [9.17, 15) is 9.59 Å². The van der Waals surface area contributed by atoms with Gasteiger partial charge in [-0.2, -0.15) is 0 Å². The topological polar surface area (TPSA) is 49.4 Å². The molecule has 4 nitrogen and oxygen atoms in total. The number of hydrogen-bond acceptors (Lipinski definition) is 3. The van der Waals surface area contributed by atoms with Gasteiger partial charge in [-0.15, -0.1) is 0 Å². The third kappa shape index (κ3) is 3.45. The highest BCUT2D eigenvalue weighted by molar-refractivity contribution is 6.46.